The number of ketones is 1. The molecule has 0 aliphatic heterocycles. The van der Waals surface area contributed by atoms with Gasteiger partial charge in [0.15, 0.2) is 5.78 Å². The monoisotopic (exact) mass is 437 g/mol. The van der Waals surface area contributed by atoms with E-state index in [-0.39, 0.29) is 29.3 Å². The van der Waals surface area contributed by atoms with Crippen LogP contribution >= 0.6 is 11.6 Å². The SMILES string of the molecule is COc1cc(C(=O)NCC(=O)c2cc3c(c(Cl)n2)CCC3(C)C)cc2c(C)ccnc12. The van der Waals surface area contributed by atoms with E-state index >= 15 is 0 Å². The first-order chi connectivity index (χ1) is 14.7. The third-order valence-electron chi connectivity index (χ3n) is 6.01. The van der Waals surface area contributed by atoms with Gasteiger partial charge in [-0.25, -0.2) is 4.98 Å². The first-order valence-corrected chi connectivity index (χ1v) is 10.5. The number of amides is 1. The van der Waals surface area contributed by atoms with E-state index in [9.17, 15) is 9.59 Å². The maximum Gasteiger partial charge on any atom is 0.251 e. The summed E-state index contributed by atoms with van der Waals surface area (Å²) in [6, 6.07) is 7.07. The molecule has 0 bridgehead atoms. The number of Topliss-reactive ketones (excluding diaryl/α,β-unsaturated/α-hetero) is 1. The lowest BCUT2D eigenvalue weighted by Crippen LogP contribution is -2.30. The van der Waals surface area contributed by atoms with Gasteiger partial charge < -0.3 is 10.1 Å². The highest BCUT2D eigenvalue weighted by Crippen LogP contribution is 2.41. The Hall–Kier alpha value is -2.99. The summed E-state index contributed by atoms with van der Waals surface area (Å²) in [5.41, 5.74) is 4.37. The third kappa shape index (κ3) is 3.88. The van der Waals surface area contributed by atoms with Crippen LogP contribution in [0.3, 0.4) is 0 Å². The molecule has 6 nitrogen and oxygen atoms in total. The van der Waals surface area contributed by atoms with Gasteiger partial charge in [-0.05, 0) is 66.1 Å². The lowest BCUT2D eigenvalue weighted by molar-refractivity contribution is 0.0902. The fraction of sp³-hybridized carbons (Fsp3) is 0.333. The van der Waals surface area contributed by atoms with Crippen molar-refractivity contribution < 1.29 is 14.3 Å². The Labute approximate surface area is 186 Å². The van der Waals surface area contributed by atoms with Crippen LogP contribution in [0.15, 0.2) is 30.5 Å². The molecule has 3 aromatic rings. The van der Waals surface area contributed by atoms with E-state index in [1.54, 1.807) is 18.3 Å². The Kier molecular flexibility index (Phi) is 5.43. The summed E-state index contributed by atoms with van der Waals surface area (Å²) in [5.74, 6) is -0.150. The molecule has 0 saturated heterocycles. The summed E-state index contributed by atoms with van der Waals surface area (Å²) in [5, 5.41) is 3.89. The number of fused-ring (bicyclic) bond motifs is 2. The molecule has 2 aromatic heterocycles. The normalized spacial score (nSPS) is 14.4. The highest BCUT2D eigenvalue weighted by atomic mass is 35.5. The first kappa shape index (κ1) is 21.2. The number of methoxy groups -OCH3 is 1. The van der Waals surface area contributed by atoms with E-state index < -0.39 is 0 Å². The third-order valence-corrected chi connectivity index (χ3v) is 6.32. The molecule has 4 rings (SSSR count). The smallest absolute Gasteiger partial charge is 0.251 e. The van der Waals surface area contributed by atoms with Gasteiger partial charge in [0.2, 0.25) is 0 Å². The average Bonchev–Trinajstić information content (AvgIpc) is 3.06. The molecular formula is C24H24ClN3O3. The molecule has 1 N–H and O–H groups in total. The van der Waals surface area contributed by atoms with Crippen LogP contribution in [-0.2, 0) is 11.8 Å². The summed E-state index contributed by atoms with van der Waals surface area (Å²) in [7, 11) is 1.54. The maximum atomic E-state index is 12.8. The fourth-order valence-electron chi connectivity index (χ4n) is 4.09. The number of hydrogen-bond acceptors (Lipinski definition) is 5. The van der Waals surface area contributed by atoms with Gasteiger partial charge in [0.05, 0.1) is 13.7 Å². The highest BCUT2D eigenvalue weighted by molar-refractivity contribution is 6.30. The molecule has 1 aliphatic carbocycles. The van der Waals surface area contributed by atoms with Gasteiger partial charge in [-0.2, -0.15) is 0 Å². The maximum absolute atomic E-state index is 12.8. The van der Waals surface area contributed by atoms with E-state index in [1.165, 1.54) is 7.11 Å². The average molecular weight is 438 g/mol. The molecule has 0 fully saturated rings. The molecule has 7 heteroatoms. The Morgan fingerprint density at radius 2 is 2.03 bits per heavy atom. The molecule has 0 spiro atoms. The van der Waals surface area contributed by atoms with Gasteiger partial charge in [-0.3, -0.25) is 14.6 Å². The van der Waals surface area contributed by atoms with Crippen LogP contribution in [0.2, 0.25) is 5.15 Å². The number of nitrogens with one attached hydrogen (secondary N) is 1. The van der Waals surface area contributed by atoms with Crippen LogP contribution in [0.5, 0.6) is 5.75 Å². The van der Waals surface area contributed by atoms with Crippen LogP contribution in [0.1, 0.15) is 57.8 Å². The minimum absolute atomic E-state index is 0.0479. The van der Waals surface area contributed by atoms with Crippen LogP contribution in [0.4, 0.5) is 0 Å². The van der Waals surface area contributed by atoms with E-state index in [1.807, 2.05) is 19.1 Å². The molecule has 0 saturated carbocycles. The standard InChI is InChI=1S/C24H24ClN3O3/c1-13-6-8-26-21-16(13)9-14(10-20(21)31-4)23(30)27-12-19(29)18-11-17-15(22(25)28-18)5-7-24(17,2)3/h6,8-11H,5,7,12H2,1-4H3,(H,27,30). The van der Waals surface area contributed by atoms with E-state index in [0.717, 1.165) is 34.9 Å². The van der Waals surface area contributed by atoms with Gasteiger partial charge >= 0.3 is 0 Å². The van der Waals surface area contributed by atoms with Crippen molar-refractivity contribution >= 4 is 34.2 Å². The van der Waals surface area contributed by atoms with Crippen molar-refractivity contribution in [2.24, 2.45) is 0 Å². The second kappa shape index (κ2) is 7.93. The summed E-state index contributed by atoms with van der Waals surface area (Å²) in [4.78, 5) is 34.2. The van der Waals surface area contributed by atoms with Crippen LogP contribution in [-0.4, -0.2) is 35.3 Å². The van der Waals surface area contributed by atoms with Crippen molar-refractivity contribution in [2.45, 2.75) is 39.0 Å². The van der Waals surface area contributed by atoms with E-state index in [2.05, 4.69) is 29.1 Å². The first-order valence-electron chi connectivity index (χ1n) is 10.2. The minimum atomic E-state index is -0.371. The Morgan fingerprint density at radius 1 is 1.26 bits per heavy atom. The Morgan fingerprint density at radius 3 is 2.77 bits per heavy atom. The zero-order chi connectivity index (χ0) is 22.3. The molecule has 2 heterocycles. The topological polar surface area (TPSA) is 81.2 Å². The van der Waals surface area contributed by atoms with Gasteiger partial charge in [-0.15, -0.1) is 0 Å². The highest BCUT2D eigenvalue weighted by Gasteiger charge is 2.33. The van der Waals surface area contributed by atoms with Crippen LogP contribution < -0.4 is 10.1 Å². The van der Waals surface area contributed by atoms with Crippen molar-refractivity contribution in [3.05, 3.63) is 63.6 Å². The number of carbonyl (C=O) groups excluding carboxylic acids is 2. The molecule has 1 aromatic carbocycles. The number of carbonyl (C=O) groups is 2. The van der Waals surface area contributed by atoms with Gasteiger partial charge in [0, 0.05) is 17.1 Å². The summed E-state index contributed by atoms with van der Waals surface area (Å²) < 4.78 is 5.41. The summed E-state index contributed by atoms with van der Waals surface area (Å²) >= 11 is 6.34. The molecule has 1 amide bonds. The number of ether oxygens (including phenoxy) is 1. The second-order valence-corrected chi connectivity index (χ2v) is 8.87. The van der Waals surface area contributed by atoms with E-state index in [0.29, 0.717) is 22.0 Å². The van der Waals surface area contributed by atoms with Gasteiger partial charge in [-0.1, -0.05) is 25.4 Å². The molecule has 1 aliphatic rings. The fourth-order valence-corrected chi connectivity index (χ4v) is 4.38. The number of aryl methyl sites for hydroxylation is 1. The van der Waals surface area contributed by atoms with E-state index in [4.69, 9.17) is 16.3 Å². The predicted molar refractivity (Wildman–Crippen MR) is 120 cm³/mol. The Bertz CT molecular complexity index is 1220. The van der Waals surface area contributed by atoms with Gasteiger partial charge in [0.25, 0.3) is 5.91 Å². The molecule has 0 unspecified atom stereocenters. The van der Waals surface area contributed by atoms with Crippen LogP contribution in [0, 0.1) is 6.92 Å². The minimum Gasteiger partial charge on any atom is -0.494 e. The number of rotatable bonds is 5. The number of aromatic nitrogens is 2. The molecule has 0 radical (unpaired) electrons. The van der Waals surface area contributed by atoms with Crippen molar-refractivity contribution in [1.82, 2.24) is 15.3 Å². The lowest BCUT2D eigenvalue weighted by atomic mass is 9.86. The van der Waals surface area contributed by atoms with Crippen molar-refractivity contribution in [3.8, 4) is 5.75 Å². The van der Waals surface area contributed by atoms with Crippen LogP contribution in [0.25, 0.3) is 10.9 Å². The molecule has 160 valence electrons. The number of halogens is 1. The number of benzene rings is 1. The summed E-state index contributed by atoms with van der Waals surface area (Å²) in [6.07, 6.45) is 3.53. The van der Waals surface area contributed by atoms with Crippen molar-refractivity contribution in [3.63, 3.8) is 0 Å². The predicted octanol–water partition coefficient (Wildman–Crippen LogP) is 4.44. The second-order valence-electron chi connectivity index (χ2n) is 8.52. The summed E-state index contributed by atoms with van der Waals surface area (Å²) in [6.45, 7) is 6.04. The number of nitrogens with zero attached hydrogens (tertiary/aromatic N) is 2. The number of pyridine rings is 2. The largest absolute Gasteiger partial charge is 0.494 e. The number of hydrogen-bond donors (Lipinski definition) is 1. The Balaban J connectivity index is 1.55. The zero-order valence-corrected chi connectivity index (χ0v) is 18.8. The zero-order valence-electron chi connectivity index (χ0n) is 18.0. The van der Waals surface area contributed by atoms with Gasteiger partial charge in [0.1, 0.15) is 22.1 Å². The molecule has 0 atom stereocenters. The quantitative estimate of drug-likeness (QED) is 0.471. The molecular weight excluding hydrogens is 414 g/mol. The molecule has 31 heavy (non-hydrogen) atoms. The lowest BCUT2D eigenvalue weighted by Gasteiger charge is -2.19. The van der Waals surface area contributed by atoms with Crippen molar-refractivity contribution in [2.75, 3.05) is 13.7 Å². The van der Waals surface area contributed by atoms with Crippen molar-refractivity contribution in [1.29, 1.82) is 0 Å².